The smallest absolute Gasteiger partial charge is 0.335 e. The molecule has 0 atom stereocenters. The molecule has 0 aliphatic rings. The summed E-state index contributed by atoms with van der Waals surface area (Å²) in [5.41, 5.74) is 5.42. The van der Waals surface area contributed by atoms with Gasteiger partial charge in [0, 0.05) is 18.1 Å². The number of phenolic OH excluding ortho intramolecular Hbond substituents is 2. The van der Waals surface area contributed by atoms with Crippen LogP contribution in [0.25, 0.3) is 33.4 Å². The zero-order valence-electron chi connectivity index (χ0n) is 26.4. The van der Waals surface area contributed by atoms with E-state index in [1.54, 1.807) is 0 Å². The van der Waals surface area contributed by atoms with Crippen LogP contribution in [0.1, 0.15) is 47.8 Å². The van der Waals surface area contributed by atoms with Crippen molar-refractivity contribution in [2.24, 2.45) is 0 Å². The highest BCUT2D eigenvalue weighted by Crippen LogP contribution is 2.36. The number of hydrogen-bond donors (Lipinski definition) is 3. The molecule has 0 aliphatic carbocycles. The maximum atomic E-state index is 11.4. The molecule has 47 heavy (non-hydrogen) atoms. The summed E-state index contributed by atoms with van der Waals surface area (Å²) in [4.78, 5) is 25.2. The number of benzene rings is 4. The topological polar surface area (TPSA) is 165 Å². The minimum absolute atomic E-state index is 0.0113. The van der Waals surface area contributed by atoms with Gasteiger partial charge in [-0.15, -0.1) is 30.0 Å². The largest absolute Gasteiger partial charge is 0.505 e. The van der Waals surface area contributed by atoms with Crippen LogP contribution < -0.4 is 0 Å². The van der Waals surface area contributed by atoms with Crippen LogP contribution in [0.5, 0.6) is 11.5 Å². The Hall–Kier alpha value is -6.04. The van der Waals surface area contributed by atoms with Gasteiger partial charge in [-0.3, -0.25) is 0 Å². The second kappa shape index (κ2) is 13.1. The Kier molecular flexibility index (Phi) is 9.04. The summed E-state index contributed by atoms with van der Waals surface area (Å²) >= 11 is 0. The van der Waals surface area contributed by atoms with Crippen LogP contribution in [-0.2, 0) is 21.4 Å². The summed E-state index contributed by atoms with van der Waals surface area (Å²) in [5, 5.41) is 47.9. The van der Waals surface area contributed by atoms with Crippen LogP contribution in [0, 0.1) is 6.92 Å². The fourth-order valence-corrected chi connectivity index (χ4v) is 4.90. The van der Waals surface area contributed by atoms with Crippen molar-refractivity contribution < 1.29 is 29.6 Å². The predicted octanol–water partition coefficient (Wildman–Crippen LogP) is 5.83. The molecule has 0 spiro atoms. The van der Waals surface area contributed by atoms with Gasteiger partial charge in [0.2, 0.25) is 0 Å². The van der Waals surface area contributed by atoms with E-state index in [1.165, 1.54) is 21.7 Å². The fraction of sp³-hybridized carbons (Fsp3) is 0.200. The predicted molar refractivity (Wildman–Crippen MR) is 176 cm³/mol. The molecule has 2 heterocycles. The quantitative estimate of drug-likeness (QED) is 0.144. The first-order valence-electron chi connectivity index (χ1n) is 14.7. The SMILES string of the molecule is C=CC(=O)OCCc1cc(C)cc(-n2nc3ccccc3n2)c1O.CC(C)(C)c1cc(C(=O)O)cc(-n2nc3ccccc3n2)c1O. The van der Waals surface area contributed by atoms with E-state index in [9.17, 15) is 24.9 Å². The molecule has 3 N–H and O–H groups in total. The van der Waals surface area contributed by atoms with E-state index >= 15 is 0 Å². The van der Waals surface area contributed by atoms with Gasteiger partial charge in [-0.05, 0) is 65.9 Å². The molecule has 12 heteroatoms. The highest BCUT2D eigenvalue weighted by Gasteiger charge is 2.24. The number of aromatic nitrogens is 6. The molecule has 0 bridgehead atoms. The lowest BCUT2D eigenvalue weighted by atomic mass is 9.85. The van der Waals surface area contributed by atoms with Crippen LogP contribution >= 0.6 is 0 Å². The molecule has 6 rings (SSSR count). The lowest BCUT2D eigenvalue weighted by Crippen LogP contribution is -2.15. The van der Waals surface area contributed by atoms with Crippen molar-refractivity contribution in [3.8, 4) is 22.9 Å². The molecule has 6 aromatic rings. The average molecular weight is 635 g/mol. The van der Waals surface area contributed by atoms with Crippen molar-refractivity contribution in [2.75, 3.05) is 6.61 Å². The molecule has 0 fully saturated rings. The Balaban J connectivity index is 0.000000185. The van der Waals surface area contributed by atoms with E-state index in [-0.39, 0.29) is 29.4 Å². The number of rotatable bonds is 7. The molecule has 0 radical (unpaired) electrons. The van der Waals surface area contributed by atoms with Crippen LogP contribution in [0.4, 0.5) is 0 Å². The number of esters is 1. The van der Waals surface area contributed by atoms with Gasteiger partial charge < -0.3 is 20.1 Å². The average Bonchev–Trinajstić information content (AvgIpc) is 3.66. The van der Waals surface area contributed by atoms with E-state index in [2.05, 4.69) is 27.0 Å². The van der Waals surface area contributed by atoms with Gasteiger partial charge in [-0.1, -0.05) is 57.7 Å². The maximum Gasteiger partial charge on any atom is 0.335 e. The number of carbonyl (C=O) groups excluding carboxylic acids is 1. The van der Waals surface area contributed by atoms with Crippen LogP contribution in [-0.4, -0.2) is 63.9 Å². The first kappa shape index (κ1) is 32.4. The van der Waals surface area contributed by atoms with E-state index in [0.717, 1.165) is 22.7 Å². The van der Waals surface area contributed by atoms with Crippen LogP contribution in [0.3, 0.4) is 0 Å². The highest BCUT2D eigenvalue weighted by molar-refractivity contribution is 5.89. The van der Waals surface area contributed by atoms with E-state index in [1.807, 2.05) is 88.4 Å². The first-order valence-corrected chi connectivity index (χ1v) is 14.7. The maximum absolute atomic E-state index is 11.4. The minimum Gasteiger partial charge on any atom is -0.505 e. The molecule has 0 unspecified atom stereocenters. The molecule has 0 saturated carbocycles. The monoisotopic (exact) mass is 634 g/mol. The van der Waals surface area contributed by atoms with Gasteiger partial charge >= 0.3 is 11.9 Å². The third kappa shape index (κ3) is 7.12. The van der Waals surface area contributed by atoms with Crippen LogP contribution in [0.15, 0.2) is 85.5 Å². The van der Waals surface area contributed by atoms with Crippen molar-refractivity contribution in [2.45, 2.75) is 39.5 Å². The Morgan fingerprint density at radius 2 is 1.30 bits per heavy atom. The summed E-state index contributed by atoms with van der Waals surface area (Å²) < 4.78 is 4.98. The number of ether oxygens (including phenoxy) is 1. The molecule has 0 amide bonds. The lowest BCUT2D eigenvalue weighted by molar-refractivity contribution is -0.137. The number of nitrogens with zero attached hydrogens (tertiary/aromatic N) is 6. The third-order valence-corrected chi connectivity index (χ3v) is 7.24. The van der Waals surface area contributed by atoms with Gasteiger partial charge in [0.15, 0.2) is 0 Å². The second-order valence-electron chi connectivity index (χ2n) is 11.8. The van der Waals surface area contributed by atoms with Gasteiger partial charge in [-0.25, -0.2) is 9.59 Å². The Labute approximate surface area is 270 Å². The molecule has 2 aromatic heterocycles. The molecule has 0 aliphatic heterocycles. The number of aryl methyl sites for hydroxylation is 1. The number of phenols is 2. The molecule has 0 saturated heterocycles. The Bertz CT molecular complexity index is 2060. The molecule has 240 valence electrons. The summed E-state index contributed by atoms with van der Waals surface area (Å²) in [7, 11) is 0. The number of aromatic carboxylic acids is 1. The number of carboxylic acids is 1. The summed E-state index contributed by atoms with van der Waals surface area (Å²) in [6, 6.07) is 21.3. The second-order valence-corrected chi connectivity index (χ2v) is 11.8. The van der Waals surface area contributed by atoms with Crippen molar-refractivity contribution in [3.63, 3.8) is 0 Å². The zero-order valence-corrected chi connectivity index (χ0v) is 26.4. The van der Waals surface area contributed by atoms with Gasteiger partial charge in [0.1, 0.15) is 44.9 Å². The molecular weight excluding hydrogens is 600 g/mol. The number of aromatic hydroxyl groups is 2. The van der Waals surface area contributed by atoms with Crippen molar-refractivity contribution in [3.05, 3.63) is 108 Å². The zero-order chi connectivity index (χ0) is 33.9. The molecular formula is C35H34N6O6. The number of carboxylic acid groups (broad SMARTS) is 1. The Morgan fingerprint density at radius 3 is 1.74 bits per heavy atom. The lowest BCUT2D eigenvalue weighted by Gasteiger charge is -2.22. The van der Waals surface area contributed by atoms with E-state index < -0.39 is 17.4 Å². The molecule has 4 aromatic carbocycles. The molecule has 12 nitrogen and oxygen atoms in total. The summed E-state index contributed by atoms with van der Waals surface area (Å²) in [6.45, 7) is 11.2. The van der Waals surface area contributed by atoms with Gasteiger partial charge in [0.25, 0.3) is 0 Å². The van der Waals surface area contributed by atoms with Crippen molar-refractivity contribution in [1.82, 2.24) is 30.0 Å². The summed E-state index contributed by atoms with van der Waals surface area (Å²) in [6.07, 6.45) is 1.50. The minimum atomic E-state index is -1.06. The third-order valence-electron chi connectivity index (χ3n) is 7.24. The van der Waals surface area contributed by atoms with E-state index in [4.69, 9.17) is 4.74 Å². The number of fused-ring (bicyclic) bond motifs is 2. The number of carbonyl (C=O) groups is 2. The van der Waals surface area contributed by atoms with Crippen LogP contribution in [0.2, 0.25) is 0 Å². The normalized spacial score (nSPS) is 11.2. The van der Waals surface area contributed by atoms with Crippen molar-refractivity contribution >= 4 is 34.0 Å². The number of hydrogen-bond acceptors (Lipinski definition) is 9. The summed E-state index contributed by atoms with van der Waals surface area (Å²) in [5.74, 6) is -1.48. The Morgan fingerprint density at radius 1 is 0.809 bits per heavy atom. The van der Waals surface area contributed by atoms with E-state index in [0.29, 0.717) is 34.3 Å². The van der Waals surface area contributed by atoms with Gasteiger partial charge in [-0.2, -0.15) is 0 Å². The van der Waals surface area contributed by atoms with Gasteiger partial charge in [0.05, 0.1) is 12.2 Å². The highest BCUT2D eigenvalue weighted by atomic mass is 16.5. The standard InChI is InChI=1S/C18H17N3O3.C17H17N3O3/c1-3-17(22)24-9-8-13-10-12(2)11-16(18(13)23)21-19-14-6-4-5-7-15(14)20-21;1-17(2,3)11-8-10(16(22)23)9-14(15(11)21)20-18-12-6-4-5-7-13(12)19-20/h3-7,10-11,23H,1,8-9H2,2H3;4-9,21H,1-3H3,(H,22,23). The first-order chi connectivity index (χ1) is 22.3. The van der Waals surface area contributed by atoms with Crippen molar-refractivity contribution in [1.29, 1.82) is 0 Å². The fourth-order valence-electron chi connectivity index (χ4n) is 4.90.